The van der Waals surface area contributed by atoms with E-state index in [0.29, 0.717) is 17.7 Å². The van der Waals surface area contributed by atoms with E-state index in [4.69, 9.17) is 0 Å². The summed E-state index contributed by atoms with van der Waals surface area (Å²) in [5, 5.41) is 13.4. The number of nitrogens with one attached hydrogen (secondary N) is 1. The molecule has 1 aliphatic heterocycles. The van der Waals surface area contributed by atoms with Crippen LogP contribution in [0.15, 0.2) is 18.2 Å². The summed E-state index contributed by atoms with van der Waals surface area (Å²) in [6, 6.07) is 6.63. The van der Waals surface area contributed by atoms with Crippen molar-refractivity contribution < 1.29 is 5.11 Å². The number of fused-ring (bicyclic) bond motifs is 3. The molecule has 0 saturated carbocycles. The molecule has 2 N–H and O–H groups in total. The molecule has 2 heteroatoms. The fourth-order valence-electron chi connectivity index (χ4n) is 3.14. The molecular weight excluding hydrogens is 186 g/mol. The number of phenols is 1. The van der Waals surface area contributed by atoms with Gasteiger partial charge in [-0.25, -0.2) is 0 Å². The largest absolute Gasteiger partial charge is 0.508 e. The number of piperidine rings is 1. The molecule has 2 aliphatic rings. The Balaban J connectivity index is 2.03. The maximum atomic E-state index is 9.83. The van der Waals surface area contributed by atoms with Crippen LogP contribution in [0.2, 0.25) is 0 Å². The van der Waals surface area contributed by atoms with Crippen molar-refractivity contribution in [3.63, 3.8) is 0 Å². The average Bonchev–Trinajstić information content (AvgIpc) is 2.29. The van der Waals surface area contributed by atoms with Crippen LogP contribution >= 0.6 is 0 Å². The van der Waals surface area contributed by atoms with Crippen LogP contribution in [0.25, 0.3) is 0 Å². The molecular formula is C13H17NO. The lowest BCUT2D eigenvalue weighted by molar-refractivity contribution is 0.315. The summed E-state index contributed by atoms with van der Waals surface area (Å²) in [5.74, 6) is 1.13. The van der Waals surface area contributed by atoms with Crippen LogP contribution < -0.4 is 5.32 Å². The minimum atomic E-state index is 0.497. The number of hydrogen-bond acceptors (Lipinski definition) is 2. The Bertz CT molecular complexity index is 375. The Morgan fingerprint density at radius 2 is 2.20 bits per heavy atom. The van der Waals surface area contributed by atoms with Gasteiger partial charge >= 0.3 is 0 Å². The summed E-state index contributed by atoms with van der Waals surface area (Å²) in [7, 11) is 0. The lowest BCUT2D eigenvalue weighted by Crippen LogP contribution is -2.42. The SMILES string of the molecule is Oc1cccc2c1CC[C@H]1NCCC[C@H]21. The highest BCUT2D eigenvalue weighted by atomic mass is 16.3. The van der Waals surface area contributed by atoms with Crippen molar-refractivity contribution in [3.05, 3.63) is 29.3 Å². The summed E-state index contributed by atoms with van der Waals surface area (Å²) in [4.78, 5) is 0. The van der Waals surface area contributed by atoms with Gasteiger partial charge in [-0.1, -0.05) is 12.1 Å². The zero-order valence-corrected chi connectivity index (χ0v) is 8.87. The zero-order valence-electron chi connectivity index (χ0n) is 8.87. The van der Waals surface area contributed by atoms with Crippen molar-refractivity contribution in [1.82, 2.24) is 5.32 Å². The van der Waals surface area contributed by atoms with Crippen LogP contribution in [0.5, 0.6) is 5.75 Å². The van der Waals surface area contributed by atoms with Crippen LogP contribution in [0, 0.1) is 0 Å². The van der Waals surface area contributed by atoms with Gasteiger partial charge in [0.25, 0.3) is 0 Å². The van der Waals surface area contributed by atoms with E-state index in [2.05, 4.69) is 11.4 Å². The van der Waals surface area contributed by atoms with E-state index in [1.165, 1.54) is 30.4 Å². The highest BCUT2D eigenvalue weighted by Crippen LogP contribution is 2.39. The van der Waals surface area contributed by atoms with Crippen LogP contribution in [0.3, 0.4) is 0 Å². The minimum absolute atomic E-state index is 0.497. The molecule has 0 radical (unpaired) electrons. The van der Waals surface area contributed by atoms with Crippen molar-refractivity contribution in [1.29, 1.82) is 0 Å². The zero-order chi connectivity index (χ0) is 10.3. The molecule has 1 heterocycles. The van der Waals surface area contributed by atoms with Gasteiger partial charge in [-0.3, -0.25) is 0 Å². The molecule has 1 saturated heterocycles. The van der Waals surface area contributed by atoms with Crippen molar-refractivity contribution in [2.24, 2.45) is 0 Å². The van der Waals surface area contributed by atoms with Gasteiger partial charge in [-0.05, 0) is 55.3 Å². The maximum Gasteiger partial charge on any atom is 0.119 e. The minimum Gasteiger partial charge on any atom is -0.508 e. The Morgan fingerprint density at radius 3 is 3.13 bits per heavy atom. The number of hydrogen-bond donors (Lipinski definition) is 2. The highest BCUT2D eigenvalue weighted by Gasteiger charge is 2.32. The second-order valence-electron chi connectivity index (χ2n) is 4.69. The molecule has 1 aliphatic carbocycles. The third kappa shape index (κ3) is 1.44. The molecule has 0 spiro atoms. The van der Waals surface area contributed by atoms with Gasteiger partial charge in [0.1, 0.15) is 5.75 Å². The molecule has 0 unspecified atom stereocenters. The molecule has 1 fully saturated rings. The van der Waals surface area contributed by atoms with E-state index in [9.17, 15) is 5.11 Å². The van der Waals surface area contributed by atoms with E-state index < -0.39 is 0 Å². The summed E-state index contributed by atoms with van der Waals surface area (Å²) in [5.41, 5.74) is 2.58. The van der Waals surface area contributed by atoms with Gasteiger partial charge in [0.05, 0.1) is 0 Å². The molecule has 1 aromatic rings. The fraction of sp³-hybridized carbons (Fsp3) is 0.538. The topological polar surface area (TPSA) is 32.3 Å². The standard InChI is InChI=1S/C13H17NO/c15-13-5-1-3-9-10-4-2-8-14-12(10)7-6-11(9)13/h1,3,5,10,12,14-15H,2,4,6-8H2/t10-,12-/m1/s1. The van der Waals surface area contributed by atoms with E-state index in [0.717, 1.165) is 13.0 Å². The van der Waals surface area contributed by atoms with E-state index in [1.807, 2.05) is 12.1 Å². The van der Waals surface area contributed by atoms with Crippen LogP contribution in [-0.4, -0.2) is 17.7 Å². The van der Waals surface area contributed by atoms with Gasteiger partial charge in [-0.15, -0.1) is 0 Å². The summed E-state index contributed by atoms with van der Waals surface area (Å²) < 4.78 is 0. The van der Waals surface area contributed by atoms with Gasteiger partial charge in [-0.2, -0.15) is 0 Å². The lowest BCUT2D eigenvalue weighted by atomic mass is 9.75. The van der Waals surface area contributed by atoms with Crippen LogP contribution in [-0.2, 0) is 6.42 Å². The Morgan fingerprint density at radius 1 is 1.27 bits per heavy atom. The summed E-state index contributed by atoms with van der Waals surface area (Å²) in [6.45, 7) is 1.16. The van der Waals surface area contributed by atoms with Gasteiger partial charge < -0.3 is 10.4 Å². The Labute approximate surface area is 90.3 Å². The number of rotatable bonds is 0. The van der Waals surface area contributed by atoms with Crippen molar-refractivity contribution in [2.75, 3.05) is 6.54 Å². The third-order valence-corrected chi connectivity index (χ3v) is 3.88. The Kier molecular flexibility index (Phi) is 2.17. The normalized spacial score (nSPS) is 29.3. The quantitative estimate of drug-likeness (QED) is 0.677. The molecule has 3 rings (SSSR count). The first kappa shape index (κ1) is 9.22. The highest BCUT2D eigenvalue weighted by molar-refractivity contribution is 5.44. The second-order valence-corrected chi connectivity index (χ2v) is 4.69. The third-order valence-electron chi connectivity index (χ3n) is 3.88. The second kappa shape index (κ2) is 3.53. The van der Waals surface area contributed by atoms with Crippen molar-refractivity contribution >= 4 is 0 Å². The molecule has 0 bridgehead atoms. The number of aromatic hydroxyl groups is 1. The molecule has 15 heavy (non-hydrogen) atoms. The first-order valence-corrected chi connectivity index (χ1v) is 5.90. The molecule has 2 nitrogen and oxygen atoms in total. The monoisotopic (exact) mass is 203 g/mol. The smallest absolute Gasteiger partial charge is 0.119 e. The number of benzene rings is 1. The first-order chi connectivity index (χ1) is 7.36. The number of phenolic OH excluding ortho intramolecular Hbond substituents is 1. The van der Waals surface area contributed by atoms with Gasteiger partial charge in [0, 0.05) is 6.04 Å². The van der Waals surface area contributed by atoms with E-state index >= 15 is 0 Å². The van der Waals surface area contributed by atoms with Gasteiger partial charge in [0.2, 0.25) is 0 Å². The lowest BCUT2D eigenvalue weighted by Gasteiger charge is -2.38. The predicted molar refractivity (Wildman–Crippen MR) is 60.2 cm³/mol. The van der Waals surface area contributed by atoms with Crippen molar-refractivity contribution in [3.8, 4) is 5.75 Å². The van der Waals surface area contributed by atoms with E-state index in [-0.39, 0.29) is 0 Å². The van der Waals surface area contributed by atoms with E-state index in [1.54, 1.807) is 0 Å². The van der Waals surface area contributed by atoms with Crippen molar-refractivity contribution in [2.45, 2.75) is 37.6 Å². The fourth-order valence-corrected chi connectivity index (χ4v) is 3.14. The molecule has 80 valence electrons. The maximum absolute atomic E-state index is 9.83. The predicted octanol–water partition coefficient (Wildman–Crippen LogP) is 2.17. The molecule has 2 atom stereocenters. The van der Waals surface area contributed by atoms with Gasteiger partial charge in [0.15, 0.2) is 0 Å². The average molecular weight is 203 g/mol. The van der Waals surface area contributed by atoms with Crippen LogP contribution in [0.4, 0.5) is 0 Å². The molecule has 0 amide bonds. The first-order valence-electron chi connectivity index (χ1n) is 5.90. The molecule has 1 aromatic carbocycles. The Hall–Kier alpha value is -1.02. The molecule has 0 aromatic heterocycles. The van der Waals surface area contributed by atoms with Crippen LogP contribution in [0.1, 0.15) is 36.3 Å². The summed E-state index contributed by atoms with van der Waals surface area (Å²) >= 11 is 0. The summed E-state index contributed by atoms with van der Waals surface area (Å²) in [6.07, 6.45) is 4.73.